The number of halogens is 2. The Morgan fingerprint density at radius 3 is 2.22 bits per heavy atom. The summed E-state index contributed by atoms with van der Waals surface area (Å²) < 4.78 is 13.0. The molecule has 2 amide bonds. The van der Waals surface area contributed by atoms with E-state index >= 15 is 0 Å². The Kier molecular flexibility index (Phi) is 6.11. The molecule has 142 valence electrons. The van der Waals surface area contributed by atoms with Gasteiger partial charge in [-0.3, -0.25) is 9.59 Å². The van der Waals surface area contributed by atoms with Crippen LogP contribution >= 0.6 is 11.6 Å². The smallest absolute Gasteiger partial charge is 0.255 e. The summed E-state index contributed by atoms with van der Waals surface area (Å²) >= 11 is 6.11. The first-order chi connectivity index (χ1) is 13.0. The maximum Gasteiger partial charge on any atom is 0.255 e. The molecule has 0 radical (unpaired) electrons. The molecule has 1 heterocycles. The second-order valence-corrected chi connectivity index (χ2v) is 7.22. The molecule has 0 aliphatic carbocycles. The van der Waals surface area contributed by atoms with E-state index in [0.717, 1.165) is 5.56 Å². The van der Waals surface area contributed by atoms with Gasteiger partial charge in [-0.05, 0) is 35.7 Å². The largest absolute Gasteiger partial charge is 0.339 e. The molecule has 2 aromatic carbocycles. The van der Waals surface area contributed by atoms with E-state index in [0.29, 0.717) is 43.2 Å². The normalized spacial score (nSPS) is 15.5. The molecule has 0 N–H and O–H groups in total. The fourth-order valence-corrected chi connectivity index (χ4v) is 3.48. The van der Waals surface area contributed by atoms with Crippen LogP contribution in [0, 0.1) is 5.82 Å². The molecular weight excluding hydrogens is 367 g/mol. The average molecular weight is 389 g/mol. The monoisotopic (exact) mass is 388 g/mol. The average Bonchev–Trinajstić information content (AvgIpc) is 2.68. The van der Waals surface area contributed by atoms with Gasteiger partial charge in [0.05, 0.1) is 10.6 Å². The molecule has 1 atom stereocenters. The summed E-state index contributed by atoms with van der Waals surface area (Å²) in [7, 11) is 0. The predicted molar refractivity (Wildman–Crippen MR) is 103 cm³/mol. The Morgan fingerprint density at radius 2 is 1.59 bits per heavy atom. The highest BCUT2D eigenvalue weighted by molar-refractivity contribution is 6.33. The Morgan fingerprint density at radius 1 is 1.00 bits per heavy atom. The lowest BCUT2D eigenvalue weighted by Crippen LogP contribution is -2.50. The fourth-order valence-electron chi connectivity index (χ4n) is 3.26. The standard InChI is InChI=1S/C21H22ClFN2O2/c1-15(16-6-8-17(23)9-7-16)14-20(26)24-10-12-25(13-11-24)21(27)18-4-2-3-5-19(18)22/h2-9,15H,10-14H2,1H3. The van der Waals surface area contributed by atoms with E-state index in [-0.39, 0.29) is 23.5 Å². The van der Waals surface area contributed by atoms with Gasteiger partial charge in [0.25, 0.3) is 5.91 Å². The van der Waals surface area contributed by atoms with Crippen molar-refractivity contribution in [2.24, 2.45) is 0 Å². The highest BCUT2D eigenvalue weighted by Crippen LogP contribution is 2.22. The van der Waals surface area contributed by atoms with Gasteiger partial charge in [-0.2, -0.15) is 0 Å². The quantitative estimate of drug-likeness (QED) is 0.795. The van der Waals surface area contributed by atoms with E-state index in [1.807, 2.05) is 6.92 Å². The number of carbonyl (C=O) groups excluding carboxylic acids is 2. The Balaban J connectivity index is 1.54. The SMILES string of the molecule is CC(CC(=O)N1CCN(C(=O)c2ccccc2Cl)CC1)c1ccc(F)cc1. The summed E-state index contributed by atoms with van der Waals surface area (Å²) in [5.41, 5.74) is 1.43. The lowest BCUT2D eigenvalue weighted by atomic mass is 9.97. The van der Waals surface area contributed by atoms with Crippen molar-refractivity contribution < 1.29 is 14.0 Å². The summed E-state index contributed by atoms with van der Waals surface area (Å²) in [4.78, 5) is 28.7. The van der Waals surface area contributed by atoms with Crippen LogP contribution in [0.1, 0.15) is 35.2 Å². The molecule has 6 heteroatoms. The summed E-state index contributed by atoms with van der Waals surface area (Å²) in [6, 6.07) is 13.2. The van der Waals surface area contributed by atoms with Crippen LogP contribution in [0.3, 0.4) is 0 Å². The van der Waals surface area contributed by atoms with E-state index in [4.69, 9.17) is 11.6 Å². The number of hydrogen-bond donors (Lipinski definition) is 0. The maximum absolute atomic E-state index is 13.0. The summed E-state index contributed by atoms with van der Waals surface area (Å²) in [6.07, 6.45) is 0.365. The molecule has 0 bridgehead atoms. The van der Waals surface area contributed by atoms with Gasteiger partial charge in [0.15, 0.2) is 0 Å². The van der Waals surface area contributed by atoms with Crippen LogP contribution in [0.4, 0.5) is 4.39 Å². The minimum atomic E-state index is -0.281. The topological polar surface area (TPSA) is 40.6 Å². The number of benzene rings is 2. The zero-order valence-electron chi connectivity index (χ0n) is 15.2. The third-order valence-corrected chi connectivity index (χ3v) is 5.27. The lowest BCUT2D eigenvalue weighted by molar-refractivity contribution is -0.133. The molecule has 2 aromatic rings. The number of carbonyl (C=O) groups is 2. The van der Waals surface area contributed by atoms with E-state index in [2.05, 4.69) is 0 Å². The van der Waals surface area contributed by atoms with Gasteiger partial charge in [0.2, 0.25) is 5.91 Å². The van der Waals surface area contributed by atoms with Gasteiger partial charge in [0, 0.05) is 32.6 Å². The van der Waals surface area contributed by atoms with Crippen molar-refractivity contribution >= 4 is 23.4 Å². The van der Waals surface area contributed by atoms with Gasteiger partial charge in [0.1, 0.15) is 5.82 Å². The highest BCUT2D eigenvalue weighted by Gasteiger charge is 2.26. The molecule has 27 heavy (non-hydrogen) atoms. The predicted octanol–water partition coefficient (Wildman–Crippen LogP) is 3.96. The van der Waals surface area contributed by atoms with Crippen molar-refractivity contribution in [1.29, 1.82) is 0 Å². The van der Waals surface area contributed by atoms with E-state index < -0.39 is 0 Å². The molecule has 1 unspecified atom stereocenters. The fraction of sp³-hybridized carbons (Fsp3) is 0.333. The summed E-state index contributed by atoms with van der Waals surface area (Å²) in [5.74, 6) is -0.318. The molecule has 0 aromatic heterocycles. The Labute approximate surface area is 163 Å². The molecule has 0 spiro atoms. The number of rotatable bonds is 4. The van der Waals surface area contributed by atoms with Crippen molar-refractivity contribution in [2.75, 3.05) is 26.2 Å². The van der Waals surface area contributed by atoms with Gasteiger partial charge >= 0.3 is 0 Å². The number of piperazine rings is 1. The van der Waals surface area contributed by atoms with Gasteiger partial charge < -0.3 is 9.80 Å². The third-order valence-electron chi connectivity index (χ3n) is 4.94. The number of amides is 2. The van der Waals surface area contributed by atoms with Gasteiger partial charge in [-0.1, -0.05) is 42.8 Å². The van der Waals surface area contributed by atoms with Crippen LogP contribution in [0.5, 0.6) is 0 Å². The molecular formula is C21H22ClFN2O2. The molecule has 0 saturated carbocycles. The van der Waals surface area contributed by atoms with Crippen molar-refractivity contribution in [3.63, 3.8) is 0 Å². The number of hydrogen-bond acceptors (Lipinski definition) is 2. The van der Waals surface area contributed by atoms with Crippen LogP contribution < -0.4 is 0 Å². The van der Waals surface area contributed by atoms with Crippen molar-refractivity contribution in [3.05, 3.63) is 70.5 Å². The van der Waals surface area contributed by atoms with Gasteiger partial charge in [-0.25, -0.2) is 4.39 Å². The minimum absolute atomic E-state index is 0.0147. The third kappa shape index (κ3) is 4.66. The van der Waals surface area contributed by atoms with E-state index in [1.165, 1.54) is 12.1 Å². The molecule has 1 aliphatic rings. The first-order valence-corrected chi connectivity index (χ1v) is 9.40. The van der Waals surface area contributed by atoms with E-state index in [1.54, 1.807) is 46.2 Å². The second-order valence-electron chi connectivity index (χ2n) is 6.81. The zero-order valence-corrected chi connectivity index (χ0v) is 16.0. The Hall–Kier alpha value is -2.40. The van der Waals surface area contributed by atoms with Crippen molar-refractivity contribution in [2.45, 2.75) is 19.3 Å². The lowest BCUT2D eigenvalue weighted by Gasteiger charge is -2.35. The minimum Gasteiger partial charge on any atom is -0.339 e. The van der Waals surface area contributed by atoms with Crippen molar-refractivity contribution in [1.82, 2.24) is 9.80 Å². The molecule has 1 fully saturated rings. The molecule has 3 rings (SSSR count). The first kappa shape index (κ1) is 19.4. The van der Waals surface area contributed by atoms with Crippen LogP contribution in [-0.2, 0) is 4.79 Å². The number of nitrogens with zero attached hydrogens (tertiary/aromatic N) is 2. The van der Waals surface area contributed by atoms with Crippen LogP contribution in [0.2, 0.25) is 5.02 Å². The first-order valence-electron chi connectivity index (χ1n) is 9.02. The molecule has 1 saturated heterocycles. The summed E-state index contributed by atoms with van der Waals surface area (Å²) in [5, 5.41) is 0.439. The van der Waals surface area contributed by atoms with Crippen LogP contribution in [-0.4, -0.2) is 47.8 Å². The zero-order chi connectivity index (χ0) is 19.4. The summed E-state index contributed by atoms with van der Waals surface area (Å²) in [6.45, 7) is 3.94. The van der Waals surface area contributed by atoms with Crippen LogP contribution in [0.25, 0.3) is 0 Å². The van der Waals surface area contributed by atoms with Crippen molar-refractivity contribution in [3.8, 4) is 0 Å². The maximum atomic E-state index is 13.0. The van der Waals surface area contributed by atoms with Gasteiger partial charge in [-0.15, -0.1) is 0 Å². The van der Waals surface area contributed by atoms with E-state index in [9.17, 15) is 14.0 Å². The Bertz CT molecular complexity index is 817. The second kappa shape index (κ2) is 8.53. The van der Waals surface area contributed by atoms with Crippen LogP contribution in [0.15, 0.2) is 48.5 Å². The molecule has 4 nitrogen and oxygen atoms in total. The highest BCUT2D eigenvalue weighted by atomic mass is 35.5. The molecule has 1 aliphatic heterocycles.